The number of anilines is 1. The van der Waals surface area contributed by atoms with E-state index in [2.05, 4.69) is 5.32 Å². The molecule has 1 unspecified atom stereocenters. The first kappa shape index (κ1) is 20.9. The number of sulfonamides is 1. The van der Waals surface area contributed by atoms with Crippen molar-refractivity contribution in [3.05, 3.63) is 54.1 Å². The van der Waals surface area contributed by atoms with Crippen molar-refractivity contribution in [1.82, 2.24) is 4.72 Å². The molecule has 0 aliphatic heterocycles. The van der Waals surface area contributed by atoms with E-state index in [9.17, 15) is 22.8 Å². The Hall–Kier alpha value is -2.43. The summed E-state index contributed by atoms with van der Waals surface area (Å²) in [5, 5.41) is 9.66. The Morgan fingerprint density at radius 3 is 2.15 bits per heavy atom. The van der Waals surface area contributed by atoms with Crippen LogP contribution in [-0.4, -0.2) is 31.3 Å². The lowest BCUT2D eigenvalue weighted by Crippen LogP contribution is -2.28. The van der Waals surface area contributed by atoms with Crippen molar-refractivity contribution in [2.45, 2.75) is 10.7 Å². The maximum atomic E-state index is 12.5. The molecule has 0 heterocycles. The number of nitrogens with one attached hydrogen (secondary N) is 3. The van der Waals surface area contributed by atoms with Gasteiger partial charge in [0.1, 0.15) is 11.5 Å². The molecule has 0 saturated carbocycles. The molecule has 0 aromatic heterocycles. The van der Waals surface area contributed by atoms with Gasteiger partial charge in [-0.1, -0.05) is 12.1 Å². The van der Waals surface area contributed by atoms with Gasteiger partial charge in [-0.05, 0) is 42.0 Å². The maximum absolute atomic E-state index is 12.5. The van der Waals surface area contributed by atoms with E-state index in [4.69, 9.17) is 15.9 Å². The number of hydrogen-bond donors (Lipinski definition) is 6. The van der Waals surface area contributed by atoms with E-state index in [-0.39, 0.29) is 16.4 Å². The summed E-state index contributed by atoms with van der Waals surface area (Å²) in [4.78, 5) is 19.1. The average molecular weight is 414 g/mol. The number of guanidine groups is 1. The first-order chi connectivity index (χ1) is 12.5. The number of hydrogen-bond acceptors (Lipinski definition) is 5. The van der Waals surface area contributed by atoms with Gasteiger partial charge in [-0.15, -0.1) is 0 Å². The number of ether oxygens (including phenoxy) is 1. The van der Waals surface area contributed by atoms with Crippen molar-refractivity contribution >= 4 is 29.3 Å². The lowest BCUT2D eigenvalue weighted by Gasteiger charge is -2.21. The Labute approximate surface area is 156 Å². The predicted molar refractivity (Wildman–Crippen MR) is 100 cm³/mol. The lowest BCUT2D eigenvalue weighted by molar-refractivity contribution is 0.355. The molecule has 2 aromatic carbocycles. The summed E-state index contributed by atoms with van der Waals surface area (Å²) in [7, 11) is -7.66. The van der Waals surface area contributed by atoms with Crippen LogP contribution in [0, 0.1) is 5.41 Å². The quantitative estimate of drug-likeness (QED) is 0.222. The molecule has 10 nitrogen and oxygen atoms in total. The maximum Gasteiger partial charge on any atom is 0.347 e. The van der Waals surface area contributed by atoms with Crippen LogP contribution in [0.3, 0.4) is 0 Å². The summed E-state index contributed by atoms with van der Waals surface area (Å²) >= 11 is 0. The molecule has 0 amide bonds. The number of benzene rings is 2. The summed E-state index contributed by atoms with van der Waals surface area (Å²) in [6, 6.07) is 10.8. The molecule has 146 valence electrons. The van der Waals surface area contributed by atoms with E-state index in [0.29, 0.717) is 11.4 Å². The van der Waals surface area contributed by atoms with E-state index in [0.717, 1.165) is 0 Å². The number of methoxy groups -OCH3 is 1. The van der Waals surface area contributed by atoms with E-state index in [1.807, 2.05) is 4.72 Å². The summed E-state index contributed by atoms with van der Waals surface area (Å²) in [5.41, 5.74) is 5.67. The molecule has 0 aliphatic rings. The molecular weight excluding hydrogens is 395 g/mol. The Morgan fingerprint density at radius 2 is 1.70 bits per heavy atom. The molecule has 2 rings (SSSR count). The van der Waals surface area contributed by atoms with Crippen LogP contribution in [0.2, 0.25) is 0 Å². The van der Waals surface area contributed by atoms with Crippen molar-refractivity contribution in [1.29, 1.82) is 5.41 Å². The van der Waals surface area contributed by atoms with Crippen LogP contribution in [0.1, 0.15) is 11.3 Å². The standard InChI is InChI=1S/C15H19N4O6PS/c1-25-12-6-8-13(9-7-12)27(23,24)19-14(26(20,21)22)10-2-4-11(5-3-10)18-15(16)17/h2-9,14,19H,1H3,(H4,16,17,18)(H2,20,21,22). The van der Waals surface area contributed by atoms with E-state index >= 15 is 0 Å². The molecular formula is C15H19N4O6PS. The van der Waals surface area contributed by atoms with E-state index in [1.54, 1.807) is 0 Å². The third-order valence-electron chi connectivity index (χ3n) is 3.48. The largest absolute Gasteiger partial charge is 0.497 e. The normalized spacial score (nSPS) is 13.0. The molecule has 27 heavy (non-hydrogen) atoms. The first-order valence-corrected chi connectivity index (χ1v) is 10.6. The Morgan fingerprint density at radius 1 is 1.15 bits per heavy atom. The van der Waals surface area contributed by atoms with Gasteiger partial charge in [0, 0.05) is 5.69 Å². The van der Waals surface area contributed by atoms with Gasteiger partial charge in [0.25, 0.3) is 0 Å². The van der Waals surface area contributed by atoms with Crippen LogP contribution in [-0.2, 0) is 14.6 Å². The molecule has 0 bridgehead atoms. The van der Waals surface area contributed by atoms with Crippen molar-refractivity contribution in [3.8, 4) is 5.75 Å². The second-order valence-corrected chi connectivity index (χ2v) is 8.86. The van der Waals surface area contributed by atoms with E-state index < -0.39 is 23.4 Å². The minimum atomic E-state index is -4.87. The van der Waals surface area contributed by atoms with Gasteiger partial charge in [-0.25, -0.2) is 8.42 Å². The fourth-order valence-corrected chi connectivity index (χ4v) is 4.79. The van der Waals surface area contributed by atoms with Gasteiger partial charge in [0.2, 0.25) is 10.0 Å². The first-order valence-electron chi connectivity index (χ1n) is 7.45. The smallest absolute Gasteiger partial charge is 0.347 e. The van der Waals surface area contributed by atoms with Gasteiger partial charge in [0.05, 0.1) is 12.0 Å². The predicted octanol–water partition coefficient (Wildman–Crippen LogP) is 1.16. The Balaban J connectivity index is 2.33. The fraction of sp³-hybridized carbons (Fsp3) is 0.133. The van der Waals surface area contributed by atoms with Crippen molar-refractivity contribution in [2.24, 2.45) is 5.73 Å². The summed E-state index contributed by atoms with van der Waals surface area (Å²) in [5.74, 6) is -1.65. The van der Waals surface area contributed by atoms with Gasteiger partial charge in [-0.3, -0.25) is 9.97 Å². The van der Waals surface area contributed by atoms with Crippen LogP contribution >= 0.6 is 7.60 Å². The van der Waals surface area contributed by atoms with Crippen LogP contribution in [0.15, 0.2) is 53.4 Å². The average Bonchev–Trinajstić information content (AvgIpc) is 2.59. The van der Waals surface area contributed by atoms with E-state index in [1.165, 1.54) is 55.6 Å². The van der Waals surface area contributed by atoms with Gasteiger partial charge >= 0.3 is 7.60 Å². The zero-order chi connectivity index (χ0) is 20.2. The third-order valence-corrected chi connectivity index (χ3v) is 6.19. The molecule has 12 heteroatoms. The van der Waals surface area contributed by atoms with Crippen LogP contribution in [0.4, 0.5) is 5.69 Å². The van der Waals surface area contributed by atoms with Crippen molar-refractivity contribution < 1.29 is 27.5 Å². The molecule has 2 aromatic rings. The monoisotopic (exact) mass is 414 g/mol. The molecule has 1 atom stereocenters. The highest BCUT2D eigenvalue weighted by Gasteiger charge is 2.34. The molecule has 0 aliphatic carbocycles. The van der Waals surface area contributed by atoms with Crippen LogP contribution < -0.4 is 20.5 Å². The SMILES string of the molecule is COc1ccc(S(=O)(=O)NC(c2ccc(NC(=N)N)cc2)P(=O)(O)O)cc1. The highest BCUT2D eigenvalue weighted by Crippen LogP contribution is 2.50. The molecule has 0 fully saturated rings. The Bertz CT molecular complexity index is 957. The third kappa shape index (κ3) is 5.52. The Kier molecular flexibility index (Phi) is 6.24. The van der Waals surface area contributed by atoms with Crippen molar-refractivity contribution in [2.75, 3.05) is 12.4 Å². The number of nitrogens with two attached hydrogens (primary N) is 1. The van der Waals surface area contributed by atoms with Crippen molar-refractivity contribution in [3.63, 3.8) is 0 Å². The molecule has 0 spiro atoms. The minimum Gasteiger partial charge on any atom is -0.497 e. The minimum absolute atomic E-state index is 0.0505. The van der Waals surface area contributed by atoms with Gasteiger partial charge in [-0.2, -0.15) is 4.72 Å². The molecule has 0 radical (unpaired) electrons. The molecule has 0 saturated heterocycles. The van der Waals surface area contributed by atoms with Crippen LogP contribution in [0.25, 0.3) is 0 Å². The van der Waals surface area contributed by atoms with Crippen LogP contribution in [0.5, 0.6) is 5.75 Å². The zero-order valence-electron chi connectivity index (χ0n) is 14.2. The second-order valence-electron chi connectivity index (χ2n) is 5.45. The zero-order valence-corrected chi connectivity index (χ0v) is 15.9. The summed E-state index contributed by atoms with van der Waals surface area (Å²) < 4.78 is 43.9. The highest BCUT2D eigenvalue weighted by molar-refractivity contribution is 7.89. The topological polar surface area (TPSA) is 175 Å². The highest BCUT2D eigenvalue weighted by atomic mass is 32.2. The summed E-state index contributed by atoms with van der Waals surface area (Å²) in [6.07, 6.45) is 0. The summed E-state index contributed by atoms with van der Waals surface area (Å²) in [6.45, 7) is 0. The number of rotatable bonds is 7. The second kappa shape index (κ2) is 8.07. The lowest BCUT2D eigenvalue weighted by atomic mass is 10.2. The van der Waals surface area contributed by atoms with Gasteiger partial charge < -0.3 is 25.6 Å². The fourth-order valence-electron chi connectivity index (χ4n) is 2.21. The van der Waals surface area contributed by atoms with Gasteiger partial charge in [0.15, 0.2) is 5.96 Å². The molecule has 7 N–H and O–H groups in total.